The van der Waals surface area contributed by atoms with Gasteiger partial charge >= 0.3 is 39.5 Å². The summed E-state index contributed by atoms with van der Waals surface area (Å²) in [4.78, 5) is 72.9. The van der Waals surface area contributed by atoms with Crippen molar-refractivity contribution in [1.29, 1.82) is 0 Å². The smallest absolute Gasteiger partial charge is 0.462 e. The van der Waals surface area contributed by atoms with Gasteiger partial charge in [0.1, 0.15) is 19.3 Å². The van der Waals surface area contributed by atoms with Gasteiger partial charge in [-0.05, 0) is 49.4 Å². The summed E-state index contributed by atoms with van der Waals surface area (Å²) in [7, 11) is -9.92. The number of hydrogen-bond acceptors (Lipinski definition) is 15. The Morgan fingerprint density at radius 3 is 0.710 bits per heavy atom. The van der Waals surface area contributed by atoms with Crippen LogP contribution in [0.4, 0.5) is 0 Å². The third-order valence-corrected chi connectivity index (χ3v) is 21.1. The van der Waals surface area contributed by atoms with Crippen LogP contribution in [0.5, 0.6) is 0 Å². The maximum Gasteiger partial charge on any atom is 0.472 e. The molecule has 0 radical (unpaired) electrons. The number of hydrogen-bond donors (Lipinski definition) is 3. The molecule has 19 heteroatoms. The van der Waals surface area contributed by atoms with E-state index in [1.165, 1.54) is 212 Å². The Bertz CT molecular complexity index is 1960. The highest BCUT2D eigenvalue weighted by atomic mass is 31.2. The van der Waals surface area contributed by atoms with Crippen molar-refractivity contribution in [2.24, 2.45) is 23.7 Å². The van der Waals surface area contributed by atoms with E-state index >= 15 is 0 Å². The first-order valence-corrected chi connectivity index (χ1v) is 44.7. The molecule has 0 aliphatic rings. The lowest BCUT2D eigenvalue weighted by Crippen LogP contribution is -2.30. The van der Waals surface area contributed by atoms with Crippen LogP contribution in [-0.4, -0.2) is 96.7 Å². The molecule has 594 valence electrons. The fraction of sp³-hybridized carbons (Fsp3) is 0.951. The highest BCUT2D eigenvalue weighted by Gasteiger charge is 2.30. The summed E-state index contributed by atoms with van der Waals surface area (Å²) in [5.41, 5.74) is 0. The molecule has 0 fully saturated rings. The van der Waals surface area contributed by atoms with Crippen LogP contribution in [0.1, 0.15) is 415 Å². The summed E-state index contributed by atoms with van der Waals surface area (Å²) in [5, 5.41) is 10.6. The van der Waals surface area contributed by atoms with E-state index in [-0.39, 0.29) is 25.7 Å². The summed E-state index contributed by atoms with van der Waals surface area (Å²) in [5.74, 6) is 0.958. The molecule has 0 aliphatic carbocycles. The van der Waals surface area contributed by atoms with E-state index in [9.17, 15) is 43.2 Å². The maximum absolute atomic E-state index is 13.1. The Morgan fingerprint density at radius 1 is 0.280 bits per heavy atom. The minimum Gasteiger partial charge on any atom is -0.462 e. The van der Waals surface area contributed by atoms with E-state index < -0.39 is 97.5 Å². The quantitative estimate of drug-likeness (QED) is 0.0222. The molecule has 0 rings (SSSR count). The second-order valence-electron chi connectivity index (χ2n) is 30.8. The van der Waals surface area contributed by atoms with Crippen molar-refractivity contribution in [1.82, 2.24) is 0 Å². The third-order valence-electron chi connectivity index (χ3n) is 19.2. The Balaban J connectivity index is 5.12. The number of carbonyl (C=O) groups is 4. The predicted molar refractivity (Wildman–Crippen MR) is 409 cm³/mol. The minimum absolute atomic E-state index is 0.104. The van der Waals surface area contributed by atoms with E-state index in [0.29, 0.717) is 37.5 Å². The number of unbranched alkanes of at least 4 members (excludes halogenated alkanes) is 43. The molecule has 0 aromatic heterocycles. The first-order chi connectivity index (χ1) is 48.1. The van der Waals surface area contributed by atoms with E-state index in [0.717, 1.165) is 108 Å². The normalized spacial score (nSPS) is 14.3. The second kappa shape index (κ2) is 70.1. The monoisotopic (exact) mass is 1470 g/mol. The maximum atomic E-state index is 13.1. The van der Waals surface area contributed by atoms with Crippen molar-refractivity contribution in [3.05, 3.63) is 0 Å². The molecular formula is C81H158O17P2. The molecule has 0 amide bonds. The summed E-state index contributed by atoms with van der Waals surface area (Å²) in [6.07, 6.45) is 57.2. The van der Waals surface area contributed by atoms with Crippen molar-refractivity contribution in [3.8, 4) is 0 Å². The molecule has 0 saturated carbocycles. The van der Waals surface area contributed by atoms with Crippen molar-refractivity contribution in [3.63, 3.8) is 0 Å². The van der Waals surface area contributed by atoms with Crippen LogP contribution in [0.25, 0.3) is 0 Å². The molecule has 0 saturated heterocycles. The summed E-state index contributed by atoms with van der Waals surface area (Å²) >= 11 is 0. The topological polar surface area (TPSA) is 237 Å². The average Bonchev–Trinajstić information content (AvgIpc) is 0.953. The zero-order chi connectivity index (χ0) is 73.8. The SMILES string of the molecule is CCC(C)CCCCCCCCCCCCCCCCCCCCC(=O)OC[C@H](COP(=O)(O)OCC(O)COP(=O)(O)OC[C@@H](COC(=O)CCCCCCCCCC(C)C)OC(=O)CCCCCCCCCCCCCCCCCC(C)C)OC(=O)CCCCCCCCCC(C)C. The van der Waals surface area contributed by atoms with Crippen LogP contribution < -0.4 is 0 Å². The van der Waals surface area contributed by atoms with Gasteiger partial charge in [-0.2, -0.15) is 0 Å². The molecule has 17 nitrogen and oxygen atoms in total. The highest BCUT2D eigenvalue weighted by molar-refractivity contribution is 7.47. The first-order valence-electron chi connectivity index (χ1n) is 41.7. The van der Waals surface area contributed by atoms with Gasteiger partial charge in [0.05, 0.1) is 26.4 Å². The molecule has 0 spiro atoms. The zero-order valence-corrected chi connectivity index (χ0v) is 67.6. The van der Waals surface area contributed by atoms with E-state index in [4.69, 9.17) is 37.0 Å². The molecule has 3 N–H and O–H groups in total. The molecule has 0 heterocycles. The number of aliphatic hydroxyl groups is 1. The lowest BCUT2D eigenvalue weighted by atomic mass is 9.99. The van der Waals surface area contributed by atoms with Gasteiger partial charge < -0.3 is 33.8 Å². The van der Waals surface area contributed by atoms with Crippen LogP contribution in [0.2, 0.25) is 0 Å². The van der Waals surface area contributed by atoms with Gasteiger partial charge in [-0.1, -0.05) is 364 Å². The van der Waals surface area contributed by atoms with Gasteiger partial charge in [0.15, 0.2) is 12.2 Å². The Hall–Kier alpha value is -1.94. The number of phosphoric ester groups is 2. The van der Waals surface area contributed by atoms with Gasteiger partial charge in [0.2, 0.25) is 0 Å². The number of rotatable bonds is 78. The van der Waals surface area contributed by atoms with Gasteiger partial charge in [0, 0.05) is 25.7 Å². The lowest BCUT2D eigenvalue weighted by molar-refractivity contribution is -0.161. The van der Waals surface area contributed by atoms with Crippen molar-refractivity contribution >= 4 is 39.5 Å². The summed E-state index contributed by atoms with van der Waals surface area (Å²) in [6.45, 7) is 14.2. The molecule has 0 aromatic carbocycles. The van der Waals surface area contributed by atoms with Crippen LogP contribution in [-0.2, 0) is 65.4 Å². The fourth-order valence-corrected chi connectivity index (χ4v) is 14.0. The molecule has 6 atom stereocenters. The van der Waals surface area contributed by atoms with Gasteiger partial charge in [-0.25, -0.2) is 9.13 Å². The number of phosphoric acid groups is 2. The number of ether oxygens (including phenoxy) is 4. The van der Waals surface area contributed by atoms with Crippen molar-refractivity contribution in [2.45, 2.75) is 433 Å². The number of aliphatic hydroxyl groups excluding tert-OH is 1. The van der Waals surface area contributed by atoms with E-state index in [2.05, 4.69) is 55.4 Å². The van der Waals surface area contributed by atoms with E-state index in [1.807, 2.05) is 0 Å². The second-order valence-corrected chi connectivity index (χ2v) is 33.7. The highest BCUT2D eigenvalue weighted by Crippen LogP contribution is 2.45. The molecule has 0 aromatic rings. The van der Waals surface area contributed by atoms with Crippen LogP contribution >= 0.6 is 15.6 Å². The number of esters is 4. The van der Waals surface area contributed by atoms with Crippen LogP contribution in [0, 0.1) is 23.7 Å². The van der Waals surface area contributed by atoms with Crippen LogP contribution in [0.15, 0.2) is 0 Å². The largest absolute Gasteiger partial charge is 0.472 e. The van der Waals surface area contributed by atoms with Crippen molar-refractivity contribution in [2.75, 3.05) is 39.6 Å². The lowest BCUT2D eigenvalue weighted by Gasteiger charge is -2.21. The van der Waals surface area contributed by atoms with E-state index in [1.54, 1.807) is 0 Å². The van der Waals surface area contributed by atoms with Gasteiger partial charge in [-0.15, -0.1) is 0 Å². The molecule has 4 unspecified atom stereocenters. The molecule has 0 bridgehead atoms. The standard InChI is InChI=1S/C81H158O17P2/c1-9-74(8)60-52-44-36-28-24-20-16-12-10-11-13-17-21-25-29-37-45-53-61-78(83)91-67-77(98-81(86)64-56-48-40-32-35-43-51-59-73(6)7)70-96-100(89,90)94-66-75(82)65-93-99(87,88)95-69-76(68-92-79(84)62-54-46-39-31-34-42-50-58-72(4)5)97-80(85)63-55-47-38-30-26-22-18-14-15-19-23-27-33-41-49-57-71(2)3/h71-77,82H,9-70H2,1-8H3,(H,87,88)(H,89,90)/t74?,75?,76-,77-/m1/s1. The van der Waals surface area contributed by atoms with Crippen LogP contribution in [0.3, 0.4) is 0 Å². The van der Waals surface area contributed by atoms with Gasteiger partial charge in [0.25, 0.3) is 0 Å². The summed E-state index contributed by atoms with van der Waals surface area (Å²) in [6, 6.07) is 0. The average molecular weight is 1470 g/mol. The first kappa shape index (κ1) is 98.1. The fourth-order valence-electron chi connectivity index (χ4n) is 12.4. The zero-order valence-electron chi connectivity index (χ0n) is 65.8. The molecule has 0 aliphatic heterocycles. The number of carbonyl (C=O) groups excluding carboxylic acids is 4. The summed E-state index contributed by atoms with van der Waals surface area (Å²) < 4.78 is 68.6. The Labute approximate surface area is 613 Å². The van der Waals surface area contributed by atoms with Gasteiger partial charge in [-0.3, -0.25) is 37.3 Å². The Morgan fingerprint density at radius 2 is 0.480 bits per heavy atom. The molecular weight excluding hydrogens is 1310 g/mol. The van der Waals surface area contributed by atoms with Crippen molar-refractivity contribution < 1.29 is 80.2 Å². The third kappa shape index (κ3) is 73.0. The Kier molecular flexibility index (Phi) is 68.7. The predicted octanol–water partition coefficient (Wildman–Crippen LogP) is 24.0. The molecule has 100 heavy (non-hydrogen) atoms. The minimum atomic E-state index is -4.96.